The molecule has 166 valence electrons. The minimum Gasteiger partial charge on any atom is -0.486 e. The second kappa shape index (κ2) is 8.05. The number of carbonyl (C=O) groups excluding carboxylic acids is 1. The molecule has 0 unspecified atom stereocenters. The van der Waals surface area contributed by atoms with Crippen LogP contribution in [-0.2, 0) is 0 Å². The van der Waals surface area contributed by atoms with Crippen molar-refractivity contribution < 1.29 is 14.3 Å². The molecule has 1 aromatic carbocycles. The summed E-state index contributed by atoms with van der Waals surface area (Å²) in [4.78, 5) is 18.1. The normalized spacial score (nSPS) is 34.3. The minimum absolute atomic E-state index is 0.0530. The van der Waals surface area contributed by atoms with Crippen molar-refractivity contribution in [2.45, 2.75) is 56.7 Å². The Hall–Kier alpha value is -2.21. The maximum Gasteiger partial charge on any atom is 0.318 e. The highest BCUT2D eigenvalue weighted by Crippen LogP contribution is 2.45. The van der Waals surface area contributed by atoms with E-state index in [0.717, 1.165) is 43.5 Å². The molecular formula is C25H33N3O3. The van der Waals surface area contributed by atoms with Crippen molar-refractivity contribution in [3.63, 3.8) is 0 Å². The van der Waals surface area contributed by atoms with E-state index in [2.05, 4.69) is 21.2 Å². The lowest BCUT2D eigenvalue weighted by Gasteiger charge is -2.54. The van der Waals surface area contributed by atoms with Crippen molar-refractivity contribution in [1.82, 2.24) is 15.1 Å². The van der Waals surface area contributed by atoms with Gasteiger partial charge in [0.05, 0.1) is 12.6 Å². The number of amides is 2. The number of nitrogens with zero attached hydrogens (tertiary/aromatic N) is 2. The van der Waals surface area contributed by atoms with Gasteiger partial charge in [-0.2, -0.15) is 0 Å². The SMILES string of the molecule is O=C(NC[C@H]1COc2ccccc2O1)N1CCCC2=C[C@H]3C[C@@H](CN4CCCC[C@@H]34)[C@@H]21. The number of fused-ring (bicyclic) bond motifs is 7. The van der Waals surface area contributed by atoms with E-state index in [1.165, 1.54) is 37.8 Å². The molecule has 2 bridgehead atoms. The lowest BCUT2D eigenvalue weighted by atomic mass is 9.68. The molecule has 1 N–H and O–H groups in total. The molecular weight excluding hydrogens is 390 g/mol. The van der Waals surface area contributed by atoms with E-state index in [0.29, 0.717) is 25.0 Å². The first kappa shape index (κ1) is 19.5. The first-order chi connectivity index (χ1) is 15.3. The second-order valence-corrected chi connectivity index (χ2v) is 9.88. The van der Waals surface area contributed by atoms with Gasteiger partial charge in [0, 0.05) is 19.1 Å². The van der Waals surface area contributed by atoms with E-state index in [4.69, 9.17) is 9.47 Å². The molecule has 0 spiro atoms. The second-order valence-electron chi connectivity index (χ2n) is 9.88. The van der Waals surface area contributed by atoms with Crippen molar-refractivity contribution in [2.75, 3.05) is 32.8 Å². The van der Waals surface area contributed by atoms with Crippen molar-refractivity contribution >= 4 is 6.03 Å². The van der Waals surface area contributed by atoms with E-state index in [1.54, 1.807) is 0 Å². The number of benzene rings is 1. The summed E-state index contributed by atoms with van der Waals surface area (Å²) in [7, 11) is 0. The number of likely N-dealkylation sites (tertiary alicyclic amines) is 1. The largest absolute Gasteiger partial charge is 0.486 e. The van der Waals surface area contributed by atoms with Gasteiger partial charge in [0.1, 0.15) is 6.61 Å². The van der Waals surface area contributed by atoms with Gasteiger partial charge in [-0.25, -0.2) is 4.79 Å². The maximum absolute atomic E-state index is 13.3. The van der Waals surface area contributed by atoms with Crippen molar-refractivity contribution in [3.8, 4) is 11.5 Å². The fourth-order valence-corrected chi connectivity index (χ4v) is 6.67. The zero-order valence-corrected chi connectivity index (χ0v) is 18.2. The number of urea groups is 1. The van der Waals surface area contributed by atoms with Crippen LogP contribution in [-0.4, -0.2) is 66.8 Å². The van der Waals surface area contributed by atoms with Crippen molar-refractivity contribution in [1.29, 1.82) is 0 Å². The van der Waals surface area contributed by atoms with E-state index < -0.39 is 0 Å². The molecule has 6 rings (SSSR count). The summed E-state index contributed by atoms with van der Waals surface area (Å²) in [5, 5.41) is 3.16. The zero-order valence-electron chi connectivity index (χ0n) is 18.2. The molecule has 4 heterocycles. The van der Waals surface area contributed by atoms with Crippen LogP contribution in [0.15, 0.2) is 35.9 Å². The molecule has 6 heteroatoms. The monoisotopic (exact) mass is 423 g/mol. The quantitative estimate of drug-likeness (QED) is 0.741. The predicted octanol–water partition coefficient (Wildman–Crippen LogP) is 3.43. The van der Waals surface area contributed by atoms with Gasteiger partial charge in [-0.05, 0) is 62.6 Å². The molecule has 5 aliphatic rings. The van der Waals surface area contributed by atoms with Gasteiger partial charge < -0.3 is 19.7 Å². The summed E-state index contributed by atoms with van der Waals surface area (Å²) in [6.07, 6.45) is 9.94. The number of carbonyl (C=O) groups is 1. The highest BCUT2D eigenvalue weighted by Gasteiger charge is 2.47. The molecule has 1 aromatic rings. The topological polar surface area (TPSA) is 54.0 Å². The fourth-order valence-electron chi connectivity index (χ4n) is 6.67. The Kier molecular flexibility index (Phi) is 5.05. The highest BCUT2D eigenvalue weighted by atomic mass is 16.6. The van der Waals surface area contributed by atoms with Crippen molar-refractivity contribution in [2.24, 2.45) is 11.8 Å². The standard InChI is InChI=1S/C25H33N3O3/c29-25(26-14-20-16-30-22-8-1-2-9-23(22)31-20)28-11-5-6-17-12-18-13-19(24(17)28)15-27-10-4-3-7-21(18)27/h1-2,8-9,12,18-21,24H,3-7,10-11,13-16H2,(H,26,29)/t18-,19-,20-,21-,24+/m0/s1. The van der Waals surface area contributed by atoms with Crippen LogP contribution in [0.3, 0.4) is 0 Å². The molecule has 4 aliphatic heterocycles. The number of piperidine rings is 3. The number of ether oxygens (including phenoxy) is 2. The number of rotatable bonds is 2. The Morgan fingerprint density at radius 3 is 2.97 bits per heavy atom. The molecule has 0 aromatic heterocycles. The lowest BCUT2D eigenvalue weighted by Crippen LogP contribution is -2.61. The Labute approximate surface area is 184 Å². The summed E-state index contributed by atoms with van der Waals surface area (Å²) in [5.41, 5.74) is 1.53. The molecule has 3 fully saturated rings. The van der Waals surface area contributed by atoms with Gasteiger partial charge in [0.15, 0.2) is 17.6 Å². The number of hydrogen-bond acceptors (Lipinski definition) is 4. The molecule has 2 amide bonds. The van der Waals surface area contributed by atoms with Gasteiger partial charge in [0.25, 0.3) is 0 Å². The van der Waals surface area contributed by atoms with Crippen LogP contribution in [0.1, 0.15) is 38.5 Å². The summed E-state index contributed by atoms with van der Waals surface area (Å²) < 4.78 is 11.8. The van der Waals surface area contributed by atoms with Crippen LogP contribution in [0.2, 0.25) is 0 Å². The Morgan fingerprint density at radius 1 is 1.13 bits per heavy atom. The van der Waals surface area contributed by atoms with Gasteiger partial charge >= 0.3 is 6.03 Å². The van der Waals surface area contributed by atoms with Gasteiger partial charge in [0.2, 0.25) is 0 Å². The molecule has 1 aliphatic carbocycles. The first-order valence-corrected chi connectivity index (χ1v) is 12.1. The molecule has 0 radical (unpaired) electrons. The molecule has 3 saturated heterocycles. The maximum atomic E-state index is 13.3. The molecule has 6 nitrogen and oxygen atoms in total. The predicted molar refractivity (Wildman–Crippen MR) is 118 cm³/mol. The number of nitrogens with one attached hydrogen (secondary N) is 1. The fraction of sp³-hybridized carbons (Fsp3) is 0.640. The van der Waals surface area contributed by atoms with Crippen LogP contribution in [0, 0.1) is 11.8 Å². The summed E-state index contributed by atoms with van der Waals surface area (Å²) >= 11 is 0. The Bertz CT molecular complexity index is 871. The molecule has 31 heavy (non-hydrogen) atoms. The molecule has 0 saturated carbocycles. The van der Waals surface area contributed by atoms with E-state index >= 15 is 0 Å². The molecule has 5 atom stereocenters. The van der Waals surface area contributed by atoms with Crippen LogP contribution in [0.5, 0.6) is 11.5 Å². The number of para-hydroxylation sites is 2. The van der Waals surface area contributed by atoms with E-state index in [-0.39, 0.29) is 18.2 Å². The van der Waals surface area contributed by atoms with Crippen LogP contribution in [0.4, 0.5) is 4.79 Å². The summed E-state index contributed by atoms with van der Waals surface area (Å²) in [6.45, 7) is 4.18. The van der Waals surface area contributed by atoms with Crippen molar-refractivity contribution in [3.05, 3.63) is 35.9 Å². The van der Waals surface area contributed by atoms with E-state index in [1.807, 2.05) is 24.3 Å². The van der Waals surface area contributed by atoms with Gasteiger partial charge in [-0.15, -0.1) is 0 Å². The zero-order chi connectivity index (χ0) is 20.8. The third-order valence-corrected chi connectivity index (χ3v) is 7.97. The summed E-state index contributed by atoms with van der Waals surface area (Å²) in [5.74, 6) is 2.81. The summed E-state index contributed by atoms with van der Waals surface area (Å²) in [6, 6.07) is 8.79. The van der Waals surface area contributed by atoms with Gasteiger partial charge in [-0.3, -0.25) is 4.90 Å². The third-order valence-electron chi connectivity index (χ3n) is 7.97. The van der Waals surface area contributed by atoms with Crippen LogP contribution < -0.4 is 14.8 Å². The highest BCUT2D eigenvalue weighted by molar-refractivity contribution is 5.75. The minimum atomic E-state index is -0.154. The smallest absolute Gasteiger partial charge is 0.318 e. The first-order valence-electron chi connectivity index (χ1n) is 12.1. The van der Waals surface area contributed by atoms with Gasteiger partial charge in [-0.1, -0.05) is 30.2 Å². The van der Waals surface area contributed by atoms with E-state index in [9.17, 15) is 4.79 Å². The number of hydrogen-bond donors (Lipinski definition) is 1. The van der Waals surface area contributed by atoms with Crippen LogP contribution >= 0.6 is 0 Å². The van der Waals surface area contributed by atoms with Crippen LogP contribution in [0.25, 0.3) is 0 Å². The Balaban J connectivity index is 1.13. The average Bonchev–Trinajstić information content (AvgIpc) is 2.82. The lowest BCUT2D eigenvalue weighted by molar-refractivity contribution is 0.00747. The third kappa shape index (κ3) is 3.59. The average molecular weight is 424 g/mol. The Morgan fingerprint density at radius 2 is 2.03 bits per heavy atom.